The van der Waals surface area contributed by atoms with E-state index in [1.165, 1.54) is 21.3 Å². The minimum Gasteiger partial charge on any atom is -0.493 e. The first kappa shape index (κ1) is 16.6. The van der Waals surface area contributed by atoms with Crippen molar-refractivity contribution in [2.45, 2.75) is 0 Å². The van der Waals surface area contributed by atoms with Gasteiger partial charge in [-0.3, -0.25) is 9.78 Å². The lowest BCUT2D eigenvalue weighted by Crippen LogP contribution is -2.13. The molecule has 0 fully saturated rings. The average Bonchev–Trinajstić information content (AvgIpc) is 2.66. The molecule has 3 aromatic rings. The van der Waals surface area contributed by atoms with E-state index in [-0.39, 0.29) is 5.91 Å². The molecule has 25 heavy (non-hydrogen) atoms. The largest absolute Gasteiger partial charge is 0.493 e. The summed E-state index contributed by atoms with van der Waals surface area (Å²) >= 11 is 0. The van der Waals surface area contributed by atoms with Crippen molar-refractivity contribution < 1.29 is 19.0 Å². The number of amides is 1. The lowest BCUT2D eigenvalue weighted by atomic mass is 10.1. The maximum atomic E-state index is 12.7. The van der Waals surface area contributed by atoms with E-state index in [1.807, 2.05) is 24.3 Å². The first-order valence-corrected chi connectivity index (χ1v) is 7.63. The van der Waals surface area contributed by atoms with Crippen LogP contribution in [0.1, 0.15) is 10.4 Å². The van der Waals surface area contributed by atoms with Crippen molar-refractivity contribution >= 4 is 22.5 Å². The van der Waals surface area contributed by atoms with Crippen molar-refractivity contribution in [3.8, 4) is 17.2 Å². The van der Waals surface area contributed by atoms with Gasteiger partial charge in [0, 0.05) is 29.4 Å². The number of hydrogen-bond donors (Lipinski definition) is 1. The molecule has 0 spiro atoms. The lowest BCUT2D eigenvalue weighted by molar-refractivity contribution is 0.102. The molecule has 2 aromatic carbocycles. The lowest BCUT2D eigenvalue weighted by Gasteiger charge is -2.15. The normalized spacial score (nSPS) is 10.4. The predicted molar refractivity (Wildman–Crippen MR) is 95.8 cm³/mol. The number of methoxy groups -OCH3 is 3. The molecule has 6 nitrogen and oxygen atoms in total. The Labute approximate surface area is 145 Å². The Morgan fingerprint density at radius 1 is 0.960 bits per heavy atom. The van der Waals surface area contributed by atoms with Gasteiger partial charge in [-0.15, -0.1) is 0 Å². The zero-order valence-electron chi connectivity index (χ0n) is 14.2. The average molecular weight is 338 g/mol. The van der Waals surface area contributed by atoms with Crippen molar-refractivity contribution in [2.24, 2.45) is 0 Å². The second-order valence-corrected chi connectivity index (χ2v) is 5.24. The number of hydrogen-bond acceptors (Lipinski definition) is 5. The number of para-hydroxylation sites is 1. The molecule has 0 unspecified atom stereocenters. The third kappa shape index (κ3) is 3.19. The minimum absolute atomic E-state index is 0.243. The van der Waals surface area contributed by atoms with Gasteiger partial charge in [-0.1, -0.05) is 18.2 Å². The first-order valence-electron chi connectivity index (χ1n) is 7.63. The number of rotatable bonds is 5. The highest BCUT2D eigenvalue weighted by Gasteiger charge is 2.16. The highest BCUT2D eigenvalue weighted by Crippen LogP contribution is 2.40. The summed E-state index contributed by atoms with van der Waals surface area (Å²) in [6.07, 6.45) is 1.62. The molecule has 3 rings (SSSR count). The maximum absolute atomic E-state index is 12.7. The van der Waals surface area contributed by atoms with Crippen LogP contribution in [0.15, 0.2) is 48.7 Å². The summed E-state index contributed by atoms with van der Waals surface area (Å²) < 4.78 is 15.9. The summed E-state index contributed by atoms with van der Waals surface area (Å²) in [5.41, 5.74) is 1.85. The first-order chi connectivity index (χ1) is 12.2. The number of pyridine rings is 1. The second kappa shape index (κ2) is 7.09. The molecule has 0 atom stereocenters. The molecule has 0 saturated carbocycles. The van der Waals surface area contributed by atoms with E-state index >= 15 is 0 Å². The van der Waals surface area contributed by atoms with Gasteiger partial charge in [0.1, 0.15) is 0 Å². The molecule has 1 N–H and O–H groups in total. The topological polar surface area (TPSA) is 69.7 Å². The van der Waals surface area contributed by atoms with E-state index < -0.39 is 0 Å². The molecule has 0 radical (unpaired) electrons. The van der Waals surface area contributed by atoms with Gasteiger partial charge in [0.25, 0.3) is 5.91 Å². The summed E-state index contributed by atoms with van der Waals surface area (Å²) in [6, 6.07) is 12.6. The molecule has 0 saturated heterocycles. The van der Waals surface area contributed by atoms with Gasteiger partial charge in [0.05, 0.1) is 32.4 Å². The predicted octanol–water partition coefficient (Wildman–Crippen LogP) is 3.51. The van der Waals surface area contributed by atoms with E-state index in [0.29, 0.717) is 28.5 Å². The molecule has 0 aliphatic carbocycles. The van der Waals surface area contributed by atoms with Crippen molar-refractivity contribution in [2.75, 3.05) is 26.6 Å². The Bertz CT molecular complexity index is 894. The zero-order valence-corrected chi connectivity index (χ0v) is 14.2. The Kier molecular flexibility index (Phi) is 4.70. The van der Waals surface area contributed by atoms with Crippen LogP contribution in [-0.4, -0.2) is 32.2 Å². The molecular weight excluding hydrogens is 320 g/mol. The monoisotopic (exact) mass is 338 g/mol. The van der Waals surface area contributed by atoms with E-state index in [2.05, 4.69) is 10.3 Å². The number of carbonyl (C=O) groups is 1. The van der Waals surface area contributed by atoms with Gasteiger partial charge >= 0.3 is 0 Å². The van der Waals surface area contributed by atoms with E-state index in [0.717, 1.165) is 10.9 Å². The number of carbonyl (C=O) groups excluding carboxylic acids is 1. The molecule has 0 aliphatic heterocycles. The second-order valence-electron chi connectivity index (χ2n) is 5.24. The molecule has 128 valence electrons. The van der Waals surface area contributed by atoms with Gasteiger partial charge in [0.2, 0.25) is 5.75 Å². The van der Waals surface area contributed by atoms with Gasteiger partial charge in [-0.05, 0) is 12.1 Å². The maximum Gasteiger partial charge on any atom is 0.256 e. The van der Waals surface area contributed by atoms with Crippen LogP contribution in [0.5, 0.6) is 17.2 Å². The SMILES string of the molecule is COc1cc(NC(=O)c2ccnc3ccccc23)cc(OC)c1OC. The molecule has 6 heteroatoms. The molecule has 1 amide bonds. The Morgan fingerprint density at radius 3 is 2.28 bits per heavy atom. The van der Waals surface area contributed by atoms with Crippen LogP contribution in [0.2, 0.25) is 0 Å². The van der Waals surface area contributed by atoms with Gasteiger partial charge in [-0.2, -0.15) is 0 Å². The number of benzene rings is 2. The number of fused-ring (bicyclic) bond motifs is 1. The van der Waals surface area contributed by atoms with Crippen LogP contribution in [0, 0.1) is 0 Å². The summed E-state index contributed by atoms with van der Waals surface area (Å²) in [4.78, 5) is 17.0. The van der Waals surface area contributed by atoms with E-state index in [1.54, 1.807) is 24.4 Å². The van der Waals surface area contributed by atoms with Gasteiger partial charge < -0.3 is 19.5 Å². The Hall–Kier alpha value is -3.28. The number of aromatic nitrogens is 1. The summed E-state index contributed by atoms with van der Waals surface area (Å²) in [6.45, 7) is 0. The molecule has 1 heterocycles. The fraction of sp³-hybridized carbons (Fsp3) is 0.158. The van der Waals surface area contributed by atoms with Crippen LogP contribution in [-0.2, 0) is 0 Å². The zero-order chi connectivity index (χ0) is 17.8. The highest BCUT2D eigenvalue weighted by molar-refractivity contribution is 6.12. The smallest absolute Gasteiger partial charge is 0.256 e. The van der Waals surface area contributed by atoms with E-state index in [4.69, 9.17) is 14.2 Å². The fourth-order valence-electron chi connectivity index (χ4n) is 2.65. The van der Waals surface area contributed by atoms with Gasteiger partial charge in [0.15, 0.2) is 11.5 Å². The third-order valence-corrected chi connectivity index (χ3v) is 3.82. The number of ether oxygens (including phenoxy) is 3. The highest BCUT2D eigenvalue weighted by atomic mass is 16.5. The van der Waals surface area contributed by atoms with E-state index in [9.17, 15) is 4.79 Å². The number of anilines is 1. The molecule has 0 bridgehead atoms. The van der Waals surface area contributed by atoms with Gasteiger partial charge in [-0.25, -0.2) is 0 Å². The third-order valence-electron chi connectivity index (χ3n) is 3.82. The van der Waals surface area contributed by atoms with Crippen LogP contribution in [0.25, 0.3) is 10.9 Å². The molecule has 0 aliphatic rings. The van der Waals surface area contributed by atoms with Crippen LogP contribution in [0.3, 0.4) is 0 Å². The number of nitrogens with one attached hydrogen (secondary N) is 1. The van der Waals surface area contributed by atoms with Crippen LogP contribution >= 0.6 is 0 Å². The Balaban J connectivity index is 1.98. The standard InChI is InChI=1S/C19H18N2O4/c1-23-16-10-12(11-17(24-2)18(16)25-3)21-19(22)14-8-9-20-15-7-5-4-6-13(14)15/h4-11H,1-3H3,(H,21,22). The molecule has 1 aromatic heterocycles. The quantitative estimate of drug-likeness (QED) is 0.771. The Morgan fingerprint density at radius 2 is 1.64 bits per heavy atom. The summed E-state index contributed by atoms with van der Waals surface area (Å²) in [7, 11) is 4.58. The van der Waals surface area contributed by atoms with Crippen molar-refractivity contribution in [1.82, 2.24) is 4.98 Å². The van der Waals surface area contributed by atoms with Crippen LogP contribution in [0.4, 0.5) is 5.69 Å². The van der Waals surface area contributed by atoms with Crippen LogP contribution < -0.4 is 19.5 Å². The van der Waals surface area contributed by atoms with Crippen molar-refractivity contribution in [1.29, 1.82) is 0 Å². The summed E-state index contributed by atoms with van der Waals surface area (Å²) in [5.74, 6) is 1.17. The fourth-order valence-corrected chi connectivity index (χ4v) is 2.65. The summed E-state index contributed by atoms with van der Waals surface area (Å²) in [5, 5.41) is 3.66. The van der Waals surface area contributed by atoms with Crippen molar-refractivity contribution in [3.05, 3.63) is 54.2 Å². The van der Waals surface area contributed by atoms with Crippen molar-refractivity contribution in [3.63, 3.8) is 0 Å². The minimum atomic E-state index is -0.243. The molecular formula is C19H18N2O4. The number of nitrogens with zero attached hydrogens (tertiary/aromatic N) is 1.